The van der Waals surface area contributed by atoms with E-state index in [4.69, 9.17) is 9.47 Å². The number of anilines is 1. The second-order valence-electron chi connectivity index (χ2n) is 8.58. The zero-order chi connectivity index (χ0) is 24.1. The molecule has 0 aliphatic carbocycles. The van der Waals surface area contributed by atoms with Gasteiger partial charge in [-0.15, -0.1) is 0 Å². The van der Waals surface area contributed by atoms with Crippen LogP contribution in [0.2, 0.25) is 0 Å². The van der Waals surface area contributed by atoms with Gasteiger partial charge in [-0.05, 0) is 45.9 Å². The van der Waals surface area contributed by atoms with Crippen molar-refractivity contribution >= 4 is 27.7 Å². The van der Waals surface area contributed by atoms with Crippen molar-refractivity contribution in [1.82, 2.24) is 14.1 Å². The number of ether oxygens (including phenoxy) is 2. The molecule has 0 saturated carbocycles. The average Bonchev–Trinajstić information content (AvgIpc) is 2.71. The smallest absolute Gasteiger partial charge is 0.410 e. The first kappa shape index (κ1) is 25.7. The van der Waals surface area contributed by atoms with Crippen molar-refractivity contribution in [2.45, 2.75) is 38.2 Å². The van der Waals surface area contributed by atoms with Crippen LogP contribution in [0.25, 0.3) is 0 Å². The summed E-state index contributed by atoms with van der Waals surface area (Å²) >= 11 is 0. The van der Waals surface area contributed by atoms with Crippen molar-refractivity contribution in [3.8, 4) is 5.75 Å². The second-order valence-corrected chi connectivity index (χ2v) is 10.7. The van der Waals surface area contributed by atoms with E-state index in [9.17, 15) is 18.0 Å². The number of rotatable bonds is 7. The molecular weight excluding hydrogens is 436 g/mol. The van der Waals surface area contributed by atoms with E-state index in [-0.39, 0.29) is 29.2 Å². The molecule has 0 unspecified atom stereocenters. The minimum Gasteiger partial charge on any atom is -0.492 e. The van der Waals surface area contributed by atoms with Crippen molar-refractivity contribution in [2.24, 2.45) is 0 Å². The first-order valence-corrected chi connectivity index (χ1v) is 12.0. The maximum atomic E-state index is 12.6. The molecule has 1 heterocycles. The monoisotopic (exact) mass is 470 g/mol. The van der Waals surface area contributed by atoms with Gasteiger partial charge >= 0.3 is 6.09 Å². The molecule has 0 atom stereocenters. The van der Waals surface area contributed by atoms with E-state index in [0.717, 1.165) is 4.31 Å². The van der Waals surface area contributed by atoms with Gasteiger partial charge in [0.05, 0.1) is 13.2 Å². The molecule has 1 saturated heterocycles. The Morgan fingerprint density at radius 1 is 1.09 bits per heavy atom. The Morgan fingerprint density at radius 2 is 1.69 bits per heavy atom. The van der Waals surface area contributed by atoms with Crippen LogP contribution in [0.4, 0.5) is 10.5 Å². The summed E-state index contributed by atoms with van der Waals surface area (Å²) in [5.41, 5.74) is -0.0699. The summed E-state index contributed by atoms with van der Waals surface area (Å²) in [5.74, 6) is 0.121. The molecule has 32 heavy (non-hydrogen) atoms. The molecule has 0 aromatic heterocycles. The number of carbonyl (C=O) groups excluding carboxylic acids is 2. The molecule has 1 aromatic carbocycles. The van der Waals surface area contributed by atoms with Gasteiger partial charge in [-0.2, -0.15) is 0 Å². The highest BCUT2D eigenvalue weighted by molar-refractivity contribution is 7.89. The fourth-order valence-electron chi connectivity index (χ4n) is 3.05. The third-order valence-electron chi connectivity index (χ3n) is 4.73. The number of carbonyl (C=O) groups is 2. The van der Waals surface area contributed by atoms with Gasteiger partial charge in [0.25, 0.3) is 0 Å². The molecule has 1 fully saturated rings. The quantitative estimate of drug-likeness (QED) is 0.648. The van der Waals surface area contributed by atoms with E-state index in [1.54, 1.807) is 28.9 Å². The molecular formula is C21H34N4O6S. The van der Waals surface area contributed by atoms with Crippen LogP contribution in [0.3, 0.4) is 0 Å². The summed E-state index contributed by atoms with van der Waals surface area (Å²) in [4.78, 5) is 28.1. The Bertz CT molecular complexity index is 919. The van der Waals surface area contributed by atoms with Crippen LogP contribution >= 0.6 is 0 Å². The van der Waals surface area contributed by atoms with E-state index in [2.05, 4.69) is 5.32 Å². The first-order chi connectivity index (χ1) is 14.8. The number of benzene rings is 1. The predicted molar refractivity (Wildman–Crippen MR) is 121 cm³/mol. The number of hydrogen-bond donors (Lipinski definition) is 1. The Kier molecular flexibility index (Phi) is 8.35. The summed E-state index contributed by atoms with van der Waals surface area (Å²) in [6.07, 6.45) is -0.383. The molecule has 2 rings (SSSR count). The van der Waals surface area contributed by atoms with Gasteiger partial charge in [-0.3, -0.25) is 4.79 Å². The normalized spacial score (nSPS) is 15.0. The van der Waals surface area contributed by atoms with E-state index in [0.29, 0.717) is 38.5 Å². The maximum absolute atomic E-state index is 12.6. The van der Waals surface area contributed by atoms with Crippen LogP contribution in [0, 0.1) is 0 Å². The lowest BCUT2D eigenvalue weighted by Gasteiger charge is -2.35. The van der Waals surface area contributed by atoms with Gasteiger partial charge in [-0.25, -0.2) is 17.5 Å². The highest BCUT2D eigenvalue weighted by Gasteiger charge is 2.28. The zero-order valence-corrected chi connectivity index (χ0v) is 20.5. The average molecular weight is 471 g/mol. The highest BCUT2D eigenvalue weighted by Crippen LogP contribution is 2.29. The zero-order valence-electron chi connectivity index (χ0n) is 19.7. The van der Waals surface area contributed by atoms with Crippen LogP contribution in [0.15, 0.2) is 23.1 Å². The lowest BCUT2D eigenvalue weighted by Crippen LogP contribution is -2.52. The van der Waals surface area contributed by atoms with Crippen molar-refractivity contribution in [1.29, 1.82) is 0 Å². The summed E-state index contributed by atoms with van der Waals surface area (Å²) in [6.45, 7) is 9.15. The summed E-state index contributed by atoms with van der Waals surface area (Å²) < 4.78 is 37.2. The van der Waals surface area contributed by atoms with E-state index in [1.807, 2.05) is 20.8 Å². The molecule has 1 aromatic rings. The van der Waals surface area contributed by atoms with Crippen LogP contribution in [0.1, 0.15) is 27.7 Å². The number of nitrogens with one attached hydrogen (secondary N) is 1. The molecule has 1 aliphatic rings. The molecule has 10 nitrogen and oxygen atoms in total. The fourth-order valence-corrected chi connectivity index (χ4v) is 4.10. The lowest BCUT2D eigenvalue weighted by atomic mass is 10.2. The van der Waals surface area contributed by atoms with E-state index < -0.39 is 15.6 Å². The van der Waals surface area contributed by atoms with Gasteiger partial charge in [0.15, 0.2) is 0 Å². The molecule has 0 spiro atoms. The van der Waals surface area contributed by atoms with Gasteiger partial charge < -0.3 is 24.6 Å². The molecule has 1 N–H and O–H groups in total. The van der Waals surface area contributed by atoms with Crippen LogP contribution in [-0.2, 0) is 19.6 Å². The topological polar surface area (TPSA) is 108 Å². The van der Waals surface area contributed by atoms with Crippen molar-refractivity contribution in [3.05, 3.63) is 18.2 Å². The standard InChI is InChI=1S/C21H34N4O6S/c1-7-30-17-9-8-16(14-18(17)32(28,29)23(5)6)22-15-19(26)24-10-12-25(13-11-24)20(27)31-21(2,3)4/h8-9,14,22H,7,10-13,15H2,1-6H3. The number of sulfonamides is 1. The number of amides is 2. The summed E-state index contributed by atoms with van der Waals surface area (Å²) in [6, 6.07) is 4.72. The SMILES string of the molecule is CCOc1ccc(NCC(=O)N2CCN(C(=O)OC(C)(C)C)CC2)cc1S(=O)(=O)N(C)C. The molecule has 0 radical (unpaired) electrons. The minimum absolute atomic E-state index is 0.00186. The lowest BCUT2D eigenvalue weighted by molar-refractivity contribution is -0.131. The van der Waals surface area contributed by atoms with Crippen LogP contribution in [-0.4, -0.2) is 93.6 Å². The van der Waals surface area contributed by atoms with Crippen LogP contribution in [0.5, 0.6) is 5.75 Å². The predicted octanol–water partition coefficient (Wildman–Crippen LogP) is 1.83. The van der Waals surface area contributed by atoms with Gasteiger partial charge in [0.2, 0.25) is 15.9 Å². The minimum atomic E-state index is -3.72. The van der Waals surface area contributed by atoms with Gasteiger partial charge in [0, 0.05) is 46.0 Å². The molecule has 1 aliphatic heterocycles. The van der Waals surface area contributed by atoms with E-state index in [1.165, 1.54) is 20.2 Å². The summed E-state index contributed by atoms with van der Waals surface area (Å²) in [5, 5.41) is 2.99. The molecule has 2 amide bonds. The third-order valence-corrected chi connectivity index (χ3v) is 6.57. The van der Waals surface area contributed by atoms with Crippen LogP contribution < -0.4 is 10.1 Å². The van der Waals surface area contributed by atoms with Gasteiger partial charge in [-0.1, -0.05) is 0 Å². The number of hydrogen-bond acceptors (Lipinski definition) is 7. The second kappa shape index (κ2) is 10.4. The Morgan fingerprint density at radius 3 is 2.22 bits per heavy atom. The summed E-state index contributed by atoms with van der Waals surface area (Å²) in [7, 11) is -0.815. The third kappa shape index (κ3) is 6.73. The Balaban J connectivity index is 1.98. The molecule has 0 bridgehead atoms. The van der Waals surface area contributed by atoms with Crippen molar-refractivity contribution in [2.75, 3.05) is 58.7 Å². The number of piperazine rings is 1. The fraction of sp³-hybridized carbons (Fsp3) is 0.619. The van der Waals surface area contributed by atoms with Crippen molar-refractivity contribution in [3.63, 3.8) is 0 Å². The van der Waals surface area contributed by atoms with Gasteiger partial charge in [0.1, 0.15) is 16.2 Å². The number of nitrogens with zero attached hydrogens (tertiary/aromatic N) is 3. The highest BCUT2D eigenvalue weighted by atomic mass is 32.2. The van der Waals surface area contributed by atoms with E-state index >= 15 is 0 Å². The first-order valence-electron chi connectivity index (χ1n) is 10.5. The molecule has 11 heteroatoms. The Hall–Kier alpha value is -2.53. The van der Waals surface area contributed by atoms with Crippen molar-refractivity contribution < 1.29 is 27.5 Å². The Labute approximate surface area is 190 Å². The molecule has 180 valence electrons. The largest absolute Gasteiger partial charge is 0.492 e. The maximum Gasteiger partial charge on any atom is 0.410 e.